The smallest absolute Gasteiger partial charge is 0.321 e. The number of pyridine rings is 1. The number of carbonyl (C=O) groups excluding carboxylic acids is 1. The van der Waals surface area contributed by atoms with Crippen LogP contribution in [-0.2, 0) is 12.6 Å². The van der Waals surface area contributed by atoms with Gasteiger partial charge >= 0.3 is 6.18 Å². The fourth-order valence-electron chi connectivity index (χ4n) is 2.77. The van der Waals surface area contributed by atoms with Gasteiger partial charge in [-0.2, -0.15) is 13.2 Å². The second kappa shape index (κ2) is 6.75. The molecule has 0 bridgehead atoms. The highest BCUT2D eigenvalue weighted by Crippen LogP contribution is 2.31. The number of amides is 1. The SMILES string of the molecule is CCc1nc2c(C)cc(Br)cn2c1C(=O)Nc1cccc(C(F)(F)F)c1. The summed E-state index contributed by atoms with van der Waals surface area (Å²) in [6.45, 7) is 3.74. The third-order valence-corrected chi connectivity index (χ3v) is 4.37. The molecule has 0 aliphatic carbocycles. The van der Waals surface area contributed by atoms with Gasteiger partial charge in [-0.05, 0) is 59.1 Å². The minimum absolute atomic E-state index is 0.0774. The topological polar surface area (TPSA) is 46.4 Å². The van der Waals surface area contributed by atoms with Gasteiger partial charge in [-0.15, -0.1) is 0 Å². The molecule has 0 radical (unpaired) electrons. The van der Waals surface area contributed by atoms with Crippen molar-refractivity contribution in [2.75, 3.05) is 5.32 Å². The molecule has 8 heteroatoms. The number of imidazole rings is 1. The van der Waals surface area contributed by atoms with Crippen molar-refractivity contribution in [2.24, 2.45) is 0 Å². The number of hydrogen-bond acceptors (Lipinski definition) is 2. The number of benzene rings is 1. The number of anilines is 1. The normalized spacial score (nSPS) is 11.8. The van der Waals surface area contributed by atoms with E-state index in [4.69, 9.17) is 0 Å². The average molecular weight is 426 g/mol. The van der Waals surface area contributed by atoms with E-state index in [1.807, 2.05) is 19.9 Å². The van der Waals surface area contributed by atoms with Crippen molar-refractivity contribution in [1.29, 1.82) is 0 Å². The van der Waals surface area contributed by atoms with Crippen molar-refractivity contribution in [2.45, 2.75) is 26.4 Å². The third kappa shape index (κ3) is 3.46. The Kier molecular flexibility index (Phi) is 4.79. The van der Waals surface area contributed by atoms with Gasteiger partial charge in [0.2, 0.25) is 0 Å². The molecule has 136 valence electrons. The summed E-state index contributed by atoms with van der Waals surface area (Å²) in [6, 6.07) is 6.43. The second-order valence-electron chi connectivity index (χ2n) is 5.83. The number of rotatable bonds is 3. The minimum Gasteiger partial charge on any atom is -0.321 e. The van der Waals surface area contributed by atoms with Crippen molar-refractivity contribution >= 4 is 33.2 Å². The van der Waals surface area contributed by atoms with Crippen molar-refractivity contribution in [1.82, 2.24) is 9.38 Å². The fraction of sp³-hybridized carbons (Fsp3) is 0.222. The molecule has 0 atom stereocenters. The molecule has 1 amide bonds. The van der Waals surface area contributed by atoms with E-state index in [1.165, 1.54) is 12.1 Å². The Bertz CT molecular complexity index is 995. The number of fused-ring (bicyclic) bond motifs is 1. The quantitative estimate of drug-likeness (QED) is 0.623. The maximum atomic E-state index is 12.9. The van der Waals surface area contributed by atoms with Crippen LogP contribution in [0.15, 0.2) is 41.0 Å². The molecule has 0 saturated carbocycles. The lowest BCUT2D eigenvalue weighted by Gasteiger charge is -2.10. The average Bonchev–Trinajstić information content (AvgIpc) is 2.93. The number of aromatic nitrogens is 2. The van der Waals surface area contributed by atoms with Gasteiger partial charge < -0.3 is 5.32 Å². The molecule has 1 aromatic carbocycles. The first-order valence-corrected chi connectivity index (χ1v) is 8.65. The molecular formula is C18H15BrF3N3O. The first-order valence-electron chi connectivity index (χ1n) is 7.86. The summed E-state index contributed by atoms with van der Waals surface area (Å²) in [4.78, 5) is 17.3. The molecule has 4 nitrogen and oxygen atoms in total. The van der Waals surface area contributed by atoms with Gasteiger partial charge in [-0.25, -0.2) is 4.98 Å². The van der Waals surface area contributed by atoms with Gasteiger partial charge in [0.05, 0.1) is 11.3 Å². The monoisotopic (exact) mass is 425 g/mol. The van der Waals surface area contributed by atoms with E-state index < -0.39 is 17.6 Å². The molecule has 3 rings (SSSR count). The van der Waals surface area contributed by atoms with E-state index in [0.29, 0.717) is 23.5 Å². The lowest BCUT2D eigenvalue weighted by molar-refractivity contribution is -0.137. The predicted octanol–water partition coefficient (Wildman–Crippen LogP) is 5.24. The number of alkyl halides is 3. The van der Waals surface area contributed by atoms with Crippen LogP contribution in [0, 0.1) is 6.92 Å². The standard InChI is InChI=1S/C18H15BrF3N3O/c1-3-14-15(25-9-12(19)7-10(2)16(25)24-14)17(26)23-13-6-4-5-11(8-13)18(20,21)22/h4-9H,3H2,1-2H3,(H,23,26). The second-order valence-corrected chi connectivity index (χ2v) is 6.74. The van der Waals surface area contributed by atoms with Crippen LogP contribution in [0.1, 0.15) is 34.2 Å². The molecule has 1 N–H and O–H groups in total. The number of hydrogen-bond donors (Lipinski definition) is 1. The zero-order valence-electron chi connectivity index (χ0n) is 14.0. The van der Waals surface area contributed by atoms with E-state index in [-0.39, 0.29) is 5.69 Å². The van der Waals surface area contributed by atoms with Gasteiger partial charge in [-0.1, -0.05) is 13.0 Å². The molecular weight excluding hydrogens is 411 g/mol. The van der Waals surface area contributed by atoms with Crippen LogP contribution in [0.4, 0.5) is 18.9 Å². The molecule has 0 aliphatic rings. The van der Waals surface area contributed by atoms with Crippen LogP contribution in [0.25, 0.3) is 5.65 Å². The van der Waals surface area contributed by atoms with Gasteiger partial charge in [0.1, 0.15) is 11.3 Å². The Labute approximate surface area is 156 Å². The van der Waals surface area contributed by atoms with Crippen LogP contribution in [0.2, 0.25) is 0 Å². The molecule has 0 saturated heterocycles. The summed E-state index contributed by atoms with van der Waals surface area (Å²) in [5.74, 6) is -0.508. The van der Waals surface area contributed by atoms with E-state index in [9.17, 15) is 18.0 Å². The van der Waals surface area contributed by atoms with Gasteiger partial charge in [0.25, 0.3) is 5.91 Å². The number of halogens is 4. The highest BCUT2D eigenvalue weighted by Gasteiger charge is 2.30. The Morgan fingerprint density at radius 3 is 2.69 bits per heavy atom. The van der Waals surface area contributed by atoms with Crippen LogP contribution >= 0.6 is 15.9 Å². The van der Waals surface area contributed by atoms with Crippen molar-refractivity contribution in [3.8, 4) is 0 Å². The minimum atomic E-state index is -4.47. The first-order chi connectivity index (χ1) is 12.2. The summed E-state index contributed by atoms with van der Waals surface area (Å²) >= 11 is 3.39. The molecule has 0 aliphatic heterocycles. The lowest BCUT2D eigenvalue weighted by Crippen LogP contribution is -2.17. The summed E-state index contributed by atoms with van der Waals surface area (Å²) in [7, 11) is 0. The maximum Gasteiger partial charge on any atom is 0.416 e. The van der Waals surface area contributed by atoms with Crippen LogP contribution in [0.3, 0.4) is 0 Å². The number of carbonyl (C=O) groups is 1. The van der Waals surface area contributed by atoms with E-state index in [2.05, 4.69) is 26.2 Å². The fourth-order valence-corrected chi connectivity index (χ4v) is 3.31. The number of aryl methyl sites for hydroxylation is 2. The zero-order chi connectivity index (χ0) is 19.1. The zero-order valence-corrected chi connectivity index (χ0v) is 15.6. The van der Waals surface area contributed by atoms with Gasteiger partial charge in [0, 0.05) is 16.4 Å². The van der Waals surface area contributed by atoms with Crippen LogP contribution in [-0.4, -0.2) is 15.3 Å². The number of nitrogens with zero attached hydrogens (tertiary/aromatic N) is 2. The predicted molar refractivity (Wildman–Crippen MR) is 96.4 cm³/mol. The largest absolute Gasteiger partial charge is 0.416 e. The van der Waals surface area contributed by atoms with E-state index in [0.717, 1.165) is 22.2 Å². The van der Waals surface area contributed by atoms with Crippen LogP contribution in [0.5, 0.6) is 0 Å². The molecule has 0 fully saturated rings. The molecule has 26 heavy (non-hydrogen) atoms. The summed E-state index contributed by atoms with van der Waals surface area (Å²) in [6.07, 6.45) is -2.24. The van der Waals surface area contributed by atoms with Crippen molar-refractivity contribution in [3.63, 3.8) is 0 Å². The van der Waals surface area contributed by atoms with Gasteiger partial charge in [-0.3, -0.25) is 9.20 Å². The Morgan fingerprint density at radius 2 is 2.04 bits per heavy atom. The summed E-state index contributed by atoms with van der Waals surface area (Å²) in [5.41, 5.74) is 1.67. The lowest BCUT2D eigenvalue weighted by atomic mass is 10.2. The number of nitrogens with one attached hydrogen (secondary N) is 1. The molecule has 0 spiro atoms. The Balaban J connectivity index is 2.03. The van der Waals surface area contributed by atoms with Crippen LogP contribution < -0.4 is 5.32 Å². The van der Waals surface area contributed by atoms with Crippen molar-refractivity contribution in [3.05, 3.63) is 63.5 Å². The molecule has 0 unspecified atom stereocenters. The maximum absolute atomic E-state index is 12.9. The highest BCUT2D eigenvalue weighted by atomic mass is 79.9. The van der Waals surface area contributed by atoms with Crippen molar-refractivity contribution < 1.29 is 18.0 Å². The Hall–Kier alpha value is -2.35. The van der Waals surface area contributed by atoms with Gasteiger partial charge in [0.15, 0.2) is 0 Å². The van der Waals surface area contributed by atoms with E-state index >= 15 is 0 Å². The summed E-state index contributed by atoms with van der Waals surface area (Å²) in [5, 5.41) is 2.55. The van der Waals surface area contributed by atoms with E-state index in [1.54, 1.807) is 10.6 Å². The molecule has 2 aromatic heterocycles. The summed E-state index contributed by atoms with van der Waals surface area (Å²) < 4.78 is 41.0. The molecule has 3 aromatic rings. The highest BCUT2D eigenvalue weighted by molar-refractivity contribution is 9.10. The third-order valence-electron chi connectivity index (χ3n) is 3.94. The Morgan fingerprint density at radius 1 is 1.31 bits per heavy atom. The first kappa shape index (κ1) is 18.4. The molecule has 2 heterocycles.